The SMILES string of the molecule is C=CCN(Cc1nc2ccccc2n1C1CCCC1)C(=O)c1cc(F)ccc1C.C=CCN(Cc1nc2ccccc2n1C1CCCC1)C(=O)c1cccc(Cl)c1.CCCN(Cc1nc2ccccc2n1C1CCCC1)C(=O)c1cc(F)ccc1C.CCCN(Cc1nc2ccccc2n1C1CCCC1)C(=O)c1ccc(C)c(F)c1.CCCN(Cc1nc2ccccc2n1C1CCCC1)C(=O)c1cccc(Cl)c1. The number of imidazole rings is 5. The third-order valence-electron chi connectivity index (χ3n) is 28.5. The Morgan fingerprint density at radius 2 is 0.566 bits per heavy atom. The molecule has 10 aromatic carbocycles. The number of carbonyl (C=O) groups is 5. The molecular weight excluding hydrogens is 1840 g/mol. The first-order chi connectivity index (χ1) is 69.6. The van der Waals surface area contributed by atoms with Crippen LogP contribution in [-0.2, 0) is 32.7 Å². The van der Waals surface area contributed by atoms with Crippen LogP contribution in [0.25, 0.3) is 55.2 Å². The number of halogens is 5. The number of aromatic nitrogens is 10. The first-order valence-corrected chi connectivity index (χ1v) is 52.1. The van der Waals surface area contributed by atoms with Crippen molar-refractivity contribution in [3.8, 4) is 0 Å². The Hall–Kier alpha value is -13.3. The van der Waals surface area contributed by atoms with Crippen molar-refractivity contribution in [1.82, 2.24) is 72.3 Å². The van der Waals surface area contributed by atoms with E-state index in [9.17, 15) is 37.1 Å². The molecule has 5 amide bonds. The lowest BCUT2D eigenvalue weighted by atomic mass is 10.1. The lowest BCUT2D eigenvalue weighted by Crippen LogP contribution is -2.33. The van der Waals surface area contributed by atoms with Crippen molar-refractivity contribution in [1.29, 1.82) is 0 Å². The van der Waals surface area contributed by atoms with Crippen LogP contribution in [0.15, 0.2) is 250 Å². The largest absolute Gasteiger partial charge is 0.331 e. The quantitative estimate of drug-likeness (QED) is 0.0392. The van der Waals surface area contributed by atoms with Gasteiger partial charge in [0.2, 0.25) is 0 Å². The van der Waals surface area contributed by atoms with Gasteiger partial charge in [0.1, 0.15) is 46.6 Å². The highest BCUT2D eigenvalue weighted by Gasteiger charge is 2.34. The van der Waals surface area contributed by atoms with E-state index in [1.807, 2.05) is 109 Å². The van der Waals surface area contributed by atoms with Crippen LogP contribution in [0.2, 0.25) is 10.0 Å². The van der Waals surface area contributed by atoms with E-state index in [1.165, 1.54) is 113 Å². The number of fused-ring (bicyclic) bond motifs is 5. The number of amides is 5. The summed E-state index contributed by atoms with van der Waals surface area (Å²) in [6.07, 6.45) is 30.0. The summed E-state index contributed by atoms with van der Waals surface area (Å²) in [6.45, 7) is 24.2. The lowest BCUT2D eigenvalue weighted by Gasteiger charge is -2.25. The topological polar surface area (TPSA) is 191 Å². The van der Waals surface area contributed by atoms with Crippen LogP contribution in [0.5, 0.6) is 0 Å². The van der Waals surface area contributed by atoms with Gasteiger partial charge in [-0.3, -0.25) is 24.0 Å². The maximum absolute atomic E-state index is 14.0. The van der Waals surface area contributed by atoms with Crippen molar-refractivity contribution in [3.05, 3.63) is 351 Å². The van der Waals surface area contributed by atoms with Gasteiger partial charge in [-0.1, -0.05) is 211 Å². The fourth-order valence-electron chi connectivity index (χ4n) is 21.6. The van der Waals surface area contributed by atoms with Gasteiger partial charge < -0.3 is 47.3 Å². The molecule has 0 aliphatic heterocycles. The summed E-state index contributed by atoms with van der Waals surface area (Å²) in [4.78, 5) is 99.4. The van der Waals surface area contributed by atoms with Gasteiger partial charge in [-0.25, -0.2) is 38.1 Å². The van der Waals surface area contributed by atoms with Gasteiger partial charge in [0.25, 0.3) is 29.5 Å². The van der Waals surface area contributed by atoms with E-state index in [1.54, 1.807) is 94.4 Å². The van der Waals surface area contributed by atoms with Crippen LogP contribution < -0.4 is 0 Å². The molecule has 25 heteroatoms. The molecule has 0 saturated heterocycles. The minimum atomic E-state index is -0.407. The summed E-state index contributed by atoms with van der Waals surface area (Å²) >= 11 is 12.2. The monoisotopic (exact) mass is 1970 g/mol. The van der Waals surface area contributed by atoms with Crippen LogP contribution in [0.4, 0.5) is 13.2 Å². The van der Waals surface area contributed by atoms with Crippen LogP contribution in [0, 0.1) is 38.2 Å². The summed E-state index contributed by atoms with van der Waals surface area (Å²) in [5, 5.41) is 1.14. The molecule has 0 radical (unpaired) electrons. The first-order valence-electron chi connectivity index (χ1n) is 51.4. The van der Waals surface area contributed by atoms with Gasteiger partial charge in [-0.05, 0) is 254 Å². The van der Waals surface area contributed by atoms with E-state index < -0.39 is 5.82 Å². The molecule has 5 aromatic heterocycles. The molecular formula is C118H132Cl2F3N15O5. The van der Waals surface area contributed by atoms with Gasteiger partial charge in [0.15, 0.2) is 0 Å². The van der Waals surface area contributed by atoms with Crippen molar-refractivity contribution in [3.63, 3.8) is 0 Å². The van der Waals surface area contributed by atoms with Gasteiger partial charge in [-0.2, -0.15) is 0 Å². The highest BCUT2D eigenvalue weighted by molar-refractivity contribution is 6.31. The van der Waals surface area contributed by atoms with E-state index in [2.05, 4.69) is 105 Å². The molecule has 20 rings (SSSR count). The first kappa shape index (κ1) is 103. The Morgan fingerprint density at radius 1 is 0.315 bits per heavy atom. The molecule has 5 saturated carbocycles. The molecule has 0 atom stereocenters. The number of rotatable bonds is 30. The predicted octanol–water partition coefficient (Wildman–Crippen LogP) is 28.2. The molecule has 0 unspecified atom stereocenters. The number of aryl methyl sites for hydroxylation is 3. The fraction of sp³-hybridized carbons (Fsp3) is 0.373. The molecule has 20 nitrogen and oxygen atoms in total. The number of para-hydroxylation sites is 10. The molecule has 0 N–H and O–H groups in total. The highest BCUT2D eigenvalue weighted by Crippen LogP contribution is 2.41. The minimum Gasteiger partial charge on any atom is -0.331 e. The molecule has 5 aliphatic rings. The fourth-order valence-corrected chi connectivity index (χ4v) is 21.9. The third kappa shape index (κ3) is 24.5. The summed E-state index contributed by atoms with van der Waals surface area (Å²) in [5.74, 6) is 2.99. The van der Waals surface area contributed by atoms with E-state index in [0.717, 1.165) is 161 Å². The smallest absolute Gasteiger partial charge is 0.254 e. The molecule has 15 aromatic rings. The molecule has 744 valence electrons. The minimum absolute atomic E-state index is 0.00868. The van der Waals surface area contributed by atoms with Gasteiger partial charge in [0.05, 0.1) is 87.9 Å². The van der Waals surface area contributed by atoms with Crippen molar-refractivity contribution in [2.24, 2.45) is 0 Å². The summed E-state index contributed by atoms with van der Waals surface area (Å²) in [5.41, 5.74) is 15.1. The second-order valence-corrected chi connectivity index (χ2v) is 39.5. The number of carbonyl (C=O) groups excluding carboxylic acids is 5. The zero-order valence-corrected chi connectivity index (χ0v) is 84.8. The standard InChI is InChI=1S/C24H28FN3O.C24H26FN3O.C24H28FN3O.C23H26ClN3O.C23H24ClN3O/c2*1-3-14-27(24(29)20-15-18(25)13-12-17(20)2)16-23-26-21-10-6-7-11-22(21)28(23)19-8-4-5-9-19;1-3-14-27(24(29)18-13-12-17(2)20(25)15-18)16-23-26-21-10-6-7-11-22(21)28(23)19-8-4-5-9-19;2*1-2-14-26(23(28)17-8-7-9-18(24)15-17)16-22-25-20-12-5-6-13-21(20)27(22)19-10-3-4-11-19/h6-7,10-13,15,19H,3-5,8-9,14,16H2,1-2H3;3,6-7,10-13,15,19H,1,4-5,8-9,14,16H2,2H3;6-7,10-13,15,19H,3-5,8-9,14,16H2,1-2H3;5-9,12-13,15,19H,2-4,10-11,14,16H2,1H3;2,5-9,12-13,15,19H,1,3-4,10-11,14,16H2. The van der Waals surface area contributed by atoms with Crippen LogP contribution in [0.3, 0.4) is 0 Å². The van der Waals surface area contributed by atoms with Crippen LogP contribution in [-0.4, -0.2) is 135 Å². The average Bonchev–Trinajstić information content (AvgIpc) is 1.65. The lowest BCUT2D eigenvalue weighted by molar-refractivity contribution is 0.0728. The maximum Gasteiger partial charge on any atom is 0.254 e. The Kier molecular flexibility index (Phi) is 34.9. The van der Waals surface area contributed by atoms with E-state index in [-0.39, 0.29) is 41.2 Å². The Balaban J connectivity index is 0.000000128. The second kappa shape index (κ2) is 48.7. The normalized spacial score (nSPS) is 14.5. The van der Waals surface area contributed by atoms with Crippen molar-refractivity contribution >= 4 is 108 Å². The Labute approximate surface area is 847 Å². The van der Waals surface area contributed by atoms with Gasteiger partial charge >= 0.3 is 0 Å². The molecule has 0 spiro atoms. The van der Waals surface area contributed by atoms with Crippen molar-refractivity contribution < 1.29 is 37.1 Å². The zero-order chi connectivity index (χ0) is 100. The third-order valence-corrected chi connectivity index (χ3v) is 29.0. The van der Waals surface area contributed by atoms with Crippen molar-refractivity contribution in [2.75, 3.05) is 32.7 Å². The second-order valence-electron chi connectivity index (χ2n) is 38.7. The highest BCUT2D eigenvalue weighted by atomic mass is 35.5. The Bertz CT molecular complexity index is 6990. The van der Waals surface area contributed by atoms with E-state index in [4.69, 9.17) is 48.1 Å². The predicted molar refractivity (Wildman–Crippen MR) is 567 cm³/mol. The average molecular weight is 1970 g/mol. The molecule has 5 aliphatic carbocycles. The number of hydrogen-bond acceptors (Lipinski definition) is 10. The zero-order valence-electron chi connectivity index (χ0n) is 83.3. The molecule has 5 fully saturated rings. The summed E-state index contributed by atoms with van der Waals surface area (Å²) in [7, 11) is 0. The van der Waals surface area contributed by atoms with Gasteiger partial charge in [-0.15, -0.1) is 13.2 Å². The van der Waals surface area contributed by atoms with Gasteiger partial charge in [0, 0.05) is 101 Å². The summed E-state index contributed by atoms with van der Waals surface area (Å²) < 4.78 is 53.4. The molecule has 0 bridgehead atoms. The van der Waals surface area contributed by atoms with Crippen LogP contribution in [0.1, 0.15) is 296 Å². The van der Waals surface area contributed by atoms with E-state index in [0.29, 0.717) is 139 Å². The number of hydrogen-bond donors (Lipinski definition) is 0. The van der Waals surface area contributed by atoms with Crippen LogP contribution >= 0.6 is 23.2 Å². The molecule has 143 heavy (non-hydrogen) atoms. The number of benzene rings is 10. The Morgan fingerprint density at radius 3 is 0.846 bits per heavy atom. The molecule has 5 heterocycles. The number of nitrogens with zero attached hydrogens (tertiary/aromatic N) is 15. The summed E-state index contributed by atoms with van der Waals surface area (Å²) in [6, 6.07) is 71.0. The maximum atomic E-state index is 14.0. The van der Waals surface area contributed by atoms with E-state index >= 15 is 0 Å². The van der Waals surface area contributed by atoms with Crippen molar-refractivity contribution in [2.45, 2.75) is 252 Å².